The van der Waals surface area contributed by atoms with Crippen molar-refractivity contribution in [3.8, 4) is 5.69 Å². The van der Waals surface area contributed by atoms with Gasteiger partial charge < -0.3 is 10.6 Å². The molecule has 0 aliphatic rings. The minimum atomic E-state index is -0.0953. The summed E-state index contributed by atoms with van der Waals surface area (Å²) in [6.07, 6.45) is 0. The molecular formula is C21H24N4O. The van der Waals surface area contributed by atoms with Gasteiger partial charge >= 0.3 is 0 Å². The van der Waals surface area contributed by atoms with Crippen molar-refractivity contribution in [3.63, 3.8) is 0 Å². The molecule has 2 N–H and O–H groups in total. The fourth-order valence-electron chi connectivity index (χ4n) is 2.86. The number of aryl methyl sites for hydroxylation is 3. The van der Waals surface area contributed by atoms with E-state index >= 15 is 0 Å². The monoisotopic (exact) mass is 348 g/mol. The van der Waals surface area contributed by atoms with Gasteiger partial charge in [-0.3, -0.25) is 4.79 Å². The van der Waals surface area contributed by atoms with Gasteiger partial charge in [-0.25, -0.2) is 4.68 Å². The number of benzene rings is 2. The minimum Gasteiger partial charge on any atom is -0.376 e. The zero-order valence-electron chi connectivity index (χ0n) is 15.6. The maximum atomic E-state index is 12.4. The molecule has 3 aromatic rings. The summed E-state index contributed by atoms with van der Waals surface area (Å²) >= 11 is 0. The second kappa shape index (κ2) is 7.44. The standard InChI is InChI=1S/C21H24N4O/c1-14-10-11-18(12-15(14)2)22-13-20(26)23-21-16(3)24-25(17(21)4)19-8-6-5-7-9-19/h5-12,22H,13H2,1-4H3,(H,23,26). The van der Waals surface area contributed by atoms with Crippen molar-refractivity contribution in [2.75, 3.05) is 17.2 Å². The Morgan fingerprint density at radius 3 is 2.42 bits per heavy atom. The third kappa shape index (κ3) is 3.77. The van der Waals surface area contributed by atoms with Crippen LogP contribution in [0.3, 0.4) is 0 Å². The van der Waals surface area contributed by atoms with E-state index in [1.807, 2.05) is 67.1 Å². The van der Waals surface area contributed by atoms with E-state index in [9.17, 15) is 4.79 Å². The van der Waals surface area contributed by atoms with Crippen molar-refractivity contribution in [2.24, 2.45) is 0 Å². The van der Waals surface area contributed by atoms with Crippen LogP contribution in [0.15, 0.2) is 48.5 Å². The smallest absolute Gasteiger partial charge is 0.243 e. The number of carbonyl (C=O) groups is 1. The molecule has 1 aromatic heterocycles. The topological polar surface area (TPSA) is 59.0 Å². The fraction of sp³-hybridized carbons (Fsp3) is 0.238. The Hall–Kier alpha value is -3.08. The average Bonchev–Trinajstić information content (AvgIpc) is 2.91. The molecule has 2 aromatic carbocycles. The van der Waals surface area contributed by atoms with E-state index in [0.717, 1.165) is 28.5 Å². The zero-order chi connectivity index (χ0) is 18.7. The minimum absolute atomic E-state index is 0.0953. The molecule has 0 bridgehead atoms. The Morgan fingerprint density at radius 2 is 1.73 bits per heavy atom. The highest BCUT2D eigenvalue weighted by molar-refractivity contribution is 5.94. The number of hydrogen-bond acceptors (Lipinski definition) is 3. The van der Waals surface area contributed by atoms with Crippen LogP contribution in [0.1, 0.15) is 22.5 Å². The number of carbonyl (C=O) groups excluding carboxylic acids is 1. The molecule has 0 saturated carbocycles. The molecule has 5 nitrogen and oxygen atoms in total. The molecule has 0 aliphatic heterocycles. The lowest BCUT2D eigenvalue weighted by atomic mass is 10.1. The third-order valence-electron chi connectivity index (χ3n) is 4.52. The predicted octanol–water partition coefficient (Wildman–Crippen LogP) is 4.16. The lowest BCUT2D eigenvalue weighted by molar-refractivity contribution is -0.114. The van der Waals surface area contributed by atoms with Crippen molar-refractivity contribution in [1.29, 1.82) is 0 Å². The predicted molar refractivity (Wildman–Crippen MR) is 106 cm³/mol. The summed E-state index contributed by atoms with van der Waals surface area (Å²) in [5.74, 6) is -0.0953. The third-order valence-corrected chi connectivity index (χ3v) is 4.52. The van der Waals surface area contributed by atoms with Gasteiger partial charge in [0.15, 0.2) is 0 Å². The number of para-hydroxylation sites is 1. The van der Waals surface area contributed by atoms with Crippen molar-refractivity contribution in [3.05, 3.63) is 71.0 Å². The molecule has 134 valence electrons. The maximum Gasteiger partial charge on any atom is 0.243 e. The molecule has 0 unspecified atom stereocenters. The zero-order valence-corrected chi connectivity index (χ0v) is 15.6. The molecule has 26 heavy (non-hydrogen) atoms. The van der Waals surface area contributed by atoms with Gasteiger partial charge in [-0.15, -0.1) is 0 Å². The lowest BCUT2D eigenvalue weighted by Gasteiger charge is -2.10. The van der Waals surface area contributed by atoms with E-state index in [1.165, 1.54) is 11.1 Å². The van der Waals surface area contributed by atoms with Crippen LogP contribution in [-0.4, -0.2) is 22.2 Å². The van der Waals surface area contributed by atoms with Gasteiger partial charge in [0.25, 0.3) is 0 Å². The molecule has 1 heterocycles. The Labute approximate surface area is 154 Å². The van der Waals surface area contributed by atoms with Gasteiger partial charge in [0.05, 0.1) is 29.3 Å². The molecule has 0 fully saturated rings. The molecule has 0 spiro atoms. The van der Waals surface area contributed by atoms with Crippen LogP contribution in [-0.2, 0) is 4.79 Å². The number of rotatable bonds is 5. The van der Waals surface area contributed by atoms with Gasteiger partial charge in [0.1, 0.15) is 0 Å². The number of nitrogens with zero attached hydrogens (tertiary/aromatic N) is 2. The average molecular weight is 348 g/mol. The Kier molecular flexibility index (Phi) is 5.07. The van der Waals surface area contributed by atoms with E-state index in [1.54, 1.807) is 0 Å². The number of nitrogens with one attached hydrogen (secondary N) is 2. The summed E-state index contributed by atoms with van der Waals surface area (Å²) in [6.45, 7) is 8.20. The van der Waals surface area contributed by atoms with Gasteiger partial charge in [-0.1, -0.05) is 24.3 Å². The van der Waals surface area contributed by atoms with Crippen LogP contribution in [0.4, 0.5) is 11.4 Å². The number of aromatic nitrogens is 2. The van der Waals surface area contributed by atoms with Gasteiger partial charge in [0, 0.05) is 5.69 Å². The molecule has 0 saturated heterocycles. The SMILES string of the molecule is Cc1ccc(NCC(=O)Nc2c(C)nn(-c3ccccc3)c2C)cc1C. The second-order valence-corrected chi connectivity index (χ2v) is 6.49. The van der Waals surface area contributed by atoms with Gasteiger partial charge in [0.2, 0.25) is 5.91 Å². The summed E-state index contributed by atoms with van der Waals surface area (Å²) in [5.41, 5.74) is 6.82. The molecule has 1 amide bonds. The van der Waals surface area contributed by atoms with Crippen molar-refractivity contribution in [1.82, 2.24) is 9.78 Å². The van der Waals surface area contributed by atoms with Crippen LogP contribution in [0, 0.1) is 27.7 Å². The van der Waals surface area contributed by atoms with E-state index in [-0.39, 0.29) is 12.5 Å². The van der Waals surface area contributed by atoms with Crippen LogP contribution in [0.25, 0.3) is 5.69 Å². The molecule has 3 rings (SSSR count). The first-order valence-electron chi connectivity index (χ1n) is 8.68. The second-order valence-electron chi connectivity index (χ2n) is 6.49. The van der Waals surface area contributed by atoms with E-state index in [4.69, 9.17) is 0 Å². The van der Waals surface area contributed by atoms with Gasteiger partial charge in [-0.05, 0) is 63.1 Å². The van der Waals surface area contributed by atoms with Crippen LogP contribution in [0.2, 0.25) is 0 Å². The van der Waals surface area contributed by atoms with Crippen LogP contribution < -0.4 is 10.6 Å². The molecule has 0 radical (unpaired) electrons. The van der Waals surface area contributed by atoms with E-state index < -0.39 is 0 Å². The Balaban J connectivity index is 1.69. The molecular weight excluding hydrogens is 324 g/mol. The molecule has 0 atom stereocenters. The summed E-state index contributed by atoms with van der Waals surface area (Å²) in [6, 6.07) is 16.0. The first-order valence-corrected chi connectivity index (χ1v) is 8.68. The van der Waals surface area contributed by atoms with Crippen LogP contribution >= 0.6 is 0 Å². The number of anilines is 2. The lowest BCUT2D eigenvalue weighted by Crippen LogP contribution is -2.22. The maximum absolute atomic E-state index is 12.4. The van der Waals surface area contributed by atoms with E-state index in [2.05, 4.69) is 29.6 Å². The number of hydrogen-bond donors (Lipinski definition) is 2. The Bertz CT molecular complexity index is 929. The summed E-state index contributed by atoms with van der Waals surface area (Å²) in [4.78, 5) is 12.4. The van der Waals surface area contributed by atoms with Crippen molar-refractivity contribution >= 4 is 17.3 Å². The summed E-state index contributed by atoms with van der Waals surface area (Å²) in [5, 5.41) is 10.7. The van der Waals surface area contributed by atoms with Crippen molar-refractivity contribution < 1.29 is 4.79 Å². The van der Waals surface area contributed by atoms with Gasteiger partial charge in [-0.2, -0.15) is 5.10 Å². The van der Waals surface area contributed by atoms with Crippen molar-refractivity contribution in [2.45, 2.75) is 27.7 Å². The highest BCUT2D eigenvalue weighted by Gasteiger charge is 2.15. The summed E-state index contributed by atoms with van der Waals surface area (Å²) < 4.78 is 1.85. The molecule has 0 aliphatic carbocycles. The fourth-order valence-corrected chi connectivity index (χ4v) is 2.86. The highest BCUT2D eigenvalue weighted by Crippen LogP contribution is 2.22. The molecule has 5 heteroatoms. The first kappa shape index (κ1) is 17.7. The first-order chi connectivity index (χ1) is 12.5. The Morgan fingerprint density at radius 1 is 1.00 bits per heavy atom. The van der Waals surface area contributed by atoms with E-state index in [0.29, 0.717) is 0 Å². The normalized spacial score (nSPS) is 10.6. The largest absolute Gasteiger partial charge is 0.376 e. The quantitative estimate of drug-likeness (QED) is 0.728. The summed E-state index contributed by atoms with van der Waals surface area (Å²) in [7, 11) is 0. The highest BCUT2D eigenvalue weighted by atomic mass is 16.1. The number of amides is 1. The van der Waals surface area contributed by atoms with Crippen LogP contribution in [0.5, 0.6) is 0 Å².